The Bertz CT molecular complexity index is 419. The highest BCUT2D eigenvalue weighted by molar-refractivity contribution is 5.44. The zero-order valence-electron chi connectivity index (χ0n) is 12.7. The number of hydrazine groups is 1. The fourth-order valence-corrected chi connectivity index (χ4v) is 2.00. The van der Waals surface area contributed by atoms with Crippen LogP contribution < -0.4 is 20.7 Å². The normalized spacial score (nSPS) is 13.5. The highest BCUT2D eigenvalue weighted by atomic mass is 16.5. The number of nitrogens with zero attached hydrogens (tertiary/aromatic N) is 1. The van der Waals surface area contributed by atoms with E-state index in [9.17, 15) is 0 Å². The van der Waals surface area contributed by atoms with Crippen molar-refractivity contribution in [3.05, 3.63) is 23.8 Å². The molecular formula is C14H25N3O2. The summed E-state index contributed by atoms with van der Waals surface area (Å²) in [6.45, 7) is 4.27. The quantitative estimate of drug-likeness (QED) is 0.605. The van der Waals surface area contributed by atoms with Crippen LogP contribution in [0.4, 0.5) is 0 Å². The zero-order chi connectivity index (χ0) is 14.6. The third-order valence-electron chi connectivity index (χ3n) is 3.77. The average molecular weight is 267 g/mol. The molecule has 0 aliphatic heterocycles. The number of methoxy groups -OCH3 is 2. The van der Waals surface area contributed by atoms with Gasteiger partial charge in [-0.15, -0.1) is 0 Å². The Balaban J connectivity index is 3.19. The Kier molecular flexibility index (Phi) is 5.17. The van der Waals surface area contributed by atoms with Crippen molar-refractivity contribution in [1.82, 2.24) is 10.3 Å². The maximum atomic E-state index is 5.74. The largest absolute Gasteiger partial charge is 0.493 e. The van der Waals surface area contributed by atoms with Gasteiger partial charge in [0.05, 0.1) is 20.3 Å². The minimum Gasteiger partial charge on any atom is -0.493 e. The molecule has 0 spiro atoms. The second-order valence-electron chi connectivity index (χ2n) is 5.26. The summed E-state index contributed by atoms with van der Waals surface area (Å²) in [5.74, 6) is 7.16. The molecule has 0 bridgehead atoms. The van der Waals surface area contributed by atoms with Crippen LogP contribution in [0.3, 0.4) is 0 Å². The Morgan fingerprint density at radius 1 is 1.16 bits per heavy atom. The Labute approximate surface area is 115 Å². The smallest absolute Gasteiger partial charge is 0.161 e. The molecule has 19 heavy (non-hydrogen) atoms. The number of likely N-dealkylation sites (N-methyl/N-ethyl adjacent to an activating group) is 1. The summed E-state index contributed by atoms with van der Waals surface area (Å²) >= 11 is 0. The molecule has 0 amide bonds. The summed E-state index contributed by atoms with van der Waals surface area (Å²) in [6.07, 6.45) is 0. The van der Waals surface area contributed by atoms with Gasteiger partial charge in [0.25, 0.3) is 0 Å². The van der Waals surface area contributed by atoms with Gasteiger partial charge in [0.2, 0.25) is 0 Å². The summed E-state index contributed by atoms with van der Waals surface area (Å²) in [4.78, 5) is 2.13. The van der Waals surface area contributed by atoms with Gasteiger partial charge in [-0.05, 0) is 45.6 Å². The van der Waals surface area contributed by atoms with Crippen molar-refractivity contribution in [2.24, 2.45) is 5.84 Å². The predicted octanol–water partition coefficient (Wildman–Crippen LogP) is 1.55. The van der Waals surface area contributed by atoms with Gasteiger partial charge in [-0.3, -0.25) is 11.3 Å². The first-order valence-electron chi connectivity index (χ1n) is 6.24. The van der Waals surface area contributed by atoms with Crippen molar-refractivity contribution >= 4 is 0 Å². The van der Waals surface area contributed by atoms with E-state index in [1.165, 1.54) is 0 Å². The van der Waals surface area contributed by atoms with Crippen molar-refractivity contribution < 1.29 is 9.47 Å². The monoisotopic (exact) mass is 267 g/mol. The van der Waals surface area contributed by atoms with Crippen LogP contribution in [0, 0.1) is 0 Å². The van der Waals surface area contributed by atoms with E-state index in [4.69, 9.17) is 15.3 Å². The van der Waals surface area contributed by atoms with Gasteiger partial charge in [0, 0.05) is 5.54 Å². The van der Waals surface area contributed by atoms with E-state index in [0.717, 1.165) is 5.56 Å². The summed E-state index contributed by atoms with van der Waals surface area (Å²) < 4.78 is 10.6. The van der Waals surface area contributed by atoms with Crippen molar-refractivity contribution in [3.63, 3.8) is 0 Å². The molecule has 0 saturated carbocycles. The van der Waals surface area contributed by atoms with E-state index in [-0.39, 0.29) is 11.6 Å². The molecule has 0 aliphatic carbocycles. The summed E-state index contributed by atoms with van der Waals surface area (Å²) in [6, 6.07) is 5.82. The molecule has 0 aliphatic rings. The molecule has 1 aromatic carbocycles. The maximum absolute atomic E-state index is 5.74. The molecule has 0 radical (unpaired) electrons. The average Bonchev–Trinajstić information content (AvgIpc) is 2.38. The molecule has 5 nitrogen and oxygen atoms in total. The molecule has 1 unspecified atom stereocenters. The maximum Gasteiger partial charge on any atom is 0.161 e. The fraction of sp³-hybridized carbons (Fsp3) is 0.571. The zero-order valence-corrected chi connectivity index (χ0v) is 12.7. The second-order valence-corrected chi connectivity index (χ2v) is 5.26. The molecule has 0 heterocycles. The SMILES string of the molecule is COc1ccc(C(NN)C(C)(C)N(C)C)cc1OC. The third-order valence-corrected chi connectivity index (χ3v) is 3.77. The summed E-state index contributed by atoms with van der Waals surface area (Å²) in [5.41, 5.74) is 3.80. The van der Waals surface area contributed by atoms with Gasteiger partial charge < -0.3 is 14.4 Å². The van der Waals surface area contributed by atoms with Gasteiger partial charge in [0.15, 0.2) is 11.5 Å². The Morgan fingerprint density at radius 3 is 2.16 bits per heavy atom. The lowest BCUT2D eigenvalue weighted by Gasteiger charge is -2.40. The molecule has 0 saturated heterocycles. The highest BCUT2D eigenvalue weighted by Crippen LogP contribution is 2.34. The molecule has 1 aromatic rings. The van der Waals surface area contributed by atoms with Gasteiger partial charge in [0.1, 0.15) is 0 Å². The summed E-state index contributed by atoms with van der Waals surface area (Å²) in [5, 5.41) is 0. The van der Waals surface area contributed by atoms with E-state index in [1.54, 1.807) is 14.2 Å². The first kappa shape index (κ1) is 15.8. The summed E-state index contributed by atoms with van der Waals surface area (Å²) in [7, 11) is 7.32. The number of hydrogen-bond acceptors (Lipinski definition) is 5. The lowest BCUT2D eigenvalue weighted by molar-refractivity contribution is 0.138. The molecular weight excluding hydrogens is 242 g/mol. The van der Waals surface area contributed by atoms with Gasteiger partial charge in [-0.1, -0.05) is 6.07 Å². The minimum atomic E-state index is -0.144. The molecule has 108 valence electrons. The number of rotatable bonds is 6. The lowest BCUT2D eigenvalue weighted by Crippen LogP contribution is -2.51. The van der Waals surface area contributed by atoms with Crippen molar-refractivity contribution in [1.29, 1.82) is 0 Å². The van der Waals surface area contributed by atoms with Crippen LogP contribution in [0.1, 0.15) is 25.5 Å². The lowest BCUT2D eigenvalue weighted by atomic mass is 9.88. The van der Waals surface area contributed by atoms with E-state index < -0.39 is 0 Å². The van der Waals surface area contributed by atoms with Crippen LogP contribution in [0.25, 0.3) is 0 Å². The van der Waals surface area contributed by atoms with Crippen LogP contribution in [0.5, 0.6) is 11.5 Å². The topological polar surface area (TPSA) is 59.8 Å². The number of nitrogens with two attached hydrogens (primary N) is 1. The number of nitrogens with one attached hydrogen (secondary N) is 1. The number of benzene rings is 1. The fourth-order valence-electron chi connectivity index (χ4n) is 2.00. The molecule has 5 heteroatoms. The van der Waals surface area contributed by atoms with Gasteiger partial charge in [-0.25, -0.2) is 0 Å². The molecule has 1 atom stereocenters. The molecule has 1 rings (SSSR count). The number of ether oxygens (including phenoxy) is 2. The molecule has 3 N–H and O–H groups in total. The van der Waals surface area contributed by atoms with Crippen LogP contribution in [0.15, 0.2) is 18.2 Å². The van der Waals surface area contributed by atoms with Crippen LogP contribution in [-0.2, 0) is 0 Å². The Morgan fingerprint density at radius 2 is 1.74 bits per heavy atom. The van der Waals surface area contributed by atoms with Crippen LogP contribution >= 0.6 is 0 Å². The van der Waals surface area contributed by atoms with E-state index in [2.05, 4.69) is 24.2 Å². The van der Waals surface area contributed by atoms with Gasteiger partial charge >= 0.3 is 0 Å². The van der Waals surface area contributed by atoms with Crippen molar-refractivity contribution in [2.45, 2.75) is 25.4 Å². The molecule has 0 aromatic heterocycles. The first-order valence-corrected chi connectivity index (χ1v) is 6.24. The van der Waals surface area contributed by atoms with E-state index in [0.29, 0.717) is 11.5 Å². The minimum absolute atomic E-state index is 0.0256. The van der Waals surface area contributed by atoms with Crippen molar-refractivity contribution in [2.75, 3.05) is 28.3 Å². The molecule has 0 fully saturated rings. The van der Waals surface area contributed by atoms with E-state index in [1.807, 2.05) is 32.3 Å². The van der Waals surface area contributed by atoms with Crippen LogP contribution in [0.2, 0.25) is 0 Å². The first-order chi connectivity index (χ1) is 8.88. The Hall–Kier alpha value is -1.30. The van der Waals surface area contributed by atoms with Crippen molar-refractivity contribution in [3.8, 4) is 11.5 Å². The van der Waals surface area contributed by atoms with Gasteiger partial charge in [-0.2, -0.15) is 0 Å². The second kappa shape index (κ2) is 6.23. The highest BCUT2D eigenvalue weighted by Gasteiger charge is 2.32. The third kappa shape index (κ3) is 3.18. The number of hydrogen-bond donors (Lipinski definition) is 2. The predicted molar refractivity (Wildman–Crippen MR) is 77.4 cm³/mol. The van der Waals surface area contributed by atoms with Crippen LogP contribution in [-0.4, -0.2) is 38.8 Å². The van der Waals surface area contributed by atoms with E-state index >= 15 is 0 Å². The standard InChI is InChI=1S/C14H25N3O2/c1-14(2,17(3)4)13(16-15)10-7-8-11(18-5)12(9-10)19-6/h7-9,13,16H,15H2,1-6H3.